The third kappa shape index (κ3) is 4.51. The minimum absolute atomic E-state index is 0.0137. The number of aromatic nitrogens is 3. The summed E-state index contributed by atoms with van der Waals surface area (Å²) in [4.78, 5) is 11.8. The first-order valence-electron chi connectivity index (χ1n) is 7.63. The van der Waals surface area contributed by atoms with Crippen molar-refractivity contribution in [2.75, 3.05) is 11.5 Å². The SMILES string of the molecule is O=C(/C=C/c1cn(Cc2ccccc2)nn1)NC1CCS(=O)(=O)C1. The van der Waals surface area contributed by atoms with Crippen molar-refractivity contribution in [1.82, 2.24) is 20.3 Å². The minimum atomic E-state index is -3.00. The van der Waals surface area contributed by atoms with Gasteiger partial charge < -0.3 is 5.32 Å². The number of carbonyl (C=O) groups excluding carboxylic acids is 1. The Morgan fingerprint density at radius 2 is 2.12 bits per heavy atom. The Bertz CT molecular complexity index is 843. The number of hydrogen-bond acceptors (Lipinski definition) is 5. The van der Waals surface area contributed by atoms with Gasteiger partial charge in [0.15, 0.2) is 9.84 Å². The van der Waals surface area contributed by atoms with Crippen LogP contribution in [0.2, 0.25) is 0 Å². The first-order valence-corrected chi connectivity index (χ1v) is 9.45. The molecule has 2 aromatic rings. The number of hydrogen-bond donors (Lipinski definition) is 1. The average Bonchev–Trinajstić information content (AvgIpc) is 3.12. The van der Waals surface area contributed by atoms with Gasteiger partial charge in [0, 0.05) is 12.1 Å². The summed E-state index contributed by atoms with van der Waals surface area (Å²) in [5, 5.41) is 10.7. The summed E-state index contributed by atoms with van der Waals surface area (Å²) in [6.07, 6.45) is 5.13. The van der Waals surface area contributed by atoms with Crippen molar-refractivity contribution in [3.63, 3.8) is 0 Å². The monoisotopic (exact) mass is 346 g/mol. The second-order valence-electron chi connectivity index (χ2n) is 5.77. The zero-order chi connectivity index (χ0) is 17.0. The molecule has 126 valence electrons. The molecule has 1 N–H and O–H groups in total. The molecule has 1 fully saturated rings. The minimum Gasteiger partial charge on any atom is -0.349 e. The number of benzene rings is 1. The van der Waals surface area contributed by atoms with Crippen LogP contribution in [-0.4, -0.2) is 46.9 Å². The second-order valence-corrected chi connectivity index (χ2v) is 8.00. The Balaban J connectivity index is 1.54. The van der Waals surface area contributed by atoms with E-state index in [4.69, 9.17) is 0 Å². The Hall–Kier alpha value is -2.48. The van der Waals surface area contributed by atoms with E-state index in [2.05, 4.69) is 15.6 Å². The van der Waals surface area contributed by atoms with Gasteiger partial charge in [0.1, 0.15) is 5.69 Å². The Morgan fingerprint density at radius 3 is 2.83 bits per heavy atom. The van der Waals surface area contributed by atoms with Gasteiger partial charge in [-0.15, -0.1) is 5.10 Å². The van der Waals surface area contributed by atoms with Crippen molar-refractivity contribution in [2.24, 2.45) is 0 Å². The van der Waals surface area contributed by atoms with Gasteiger partial charge in [0.05, 0.1) is 24.2 Å². The van der Waals surface area contributed by atoms with Crippen molar-refractivity contribution < 1.29 is 13.2 Å². The van der Waals surface area contributed by atoms with Crippen LogP contribution in [0.5, 0.6) is 0 Å². The van der Waals surface area contributed by atoms with Gasteiger partial charge in [-0.1, -0.05) is 35.5 Å². The van der Waals surface area contributed by atoms with Crippen LogP contribution in [0.3, 0.4) is 0 Å². The summed E-state index contributed by atoms with van der Waals surface area (Å²) >= 11 is 0. The van der Waals surface area contributed by atoms with Gasteiger partial charge >= 0.3 is 0 Å². The highest BCUT2D eigenvalue weighted by molar-refractivity contribution is 7.91. The van der Waals surface area contributed by atoms with Crippen LogP contribution in [0.15, 0.2) is 42.6 Å². The third-order valence-electron chi connectivity index (χ3n) is 3.73. The van der Waals surface area contributed by atoms with Crippen molar-refractivity contribution in [1.29, 1.82) is 0 Å². The Labute approximate surface area is 140 Å². The summed E-state index contributed by atoms with van der Waals surface area (Å²) in [7, 11) is -3.00. The van der Waals surface area contributed by atoms with E-state index >= 15 is 0 Å². The molecule has 0 bridgehead atoms. The van der Waals surface area contributed by atoms with Crippen LogP contribution in [0.4, 0.5) is 0 Å². The van der Waals surface area contributed by atoms with Gasteiger partial charge in [0.2, 0.25) is 5.91 Å². The van der Waals surface area contributed by atoms with Crippen molar-refractivity contribution in [3.8, 4) is 0 Å². The molecule has 1 amide bonds. The molecule has 1 aromatic heterocycles. The van der Waals surface area contributed by atoms with Crippen LogP contribution >= 0.6 is 0 Å². The number of amides is 1. The maximum Gasteiger partial charge on any atom is 0.244 e. The predicted molar refractivity (Wildman–Crippen MR) is 89.8 cm³/mol. The van der Waals surface area contributed by atoms with E-state index < -0.39 is 9.84 Å². The number of nitrogens with zero attached hydrogens (tertiary/aromatic N) is 3. The first kappa shape index (κ1) is 16.4. The summed E-state index contributed by atoms with van der Waals surface area (Å²) in [5.41, 5.74) is 1.68. The highest BCUT2D eigenvalue weighted by Gasteiger charge is 2.28. The van der Waals surface area contributed by atoms with Crippen LogP contribution < -0.4 is 5.32 Å². The summed E-state index contributed by atoms with van der Waals surface area (Å²) < 4.78 is 24.4. The fraction of sp³-hybridized carbons (Fsp3) is 0.312. The smallest absolute Gasteiger partial charge is 0.244 e. The lowest BCUT2D eigenvalue weighted by Crippen LogP contribution is -2.34. The molecule has 2 heterocycles. The van der Waals surface area contributed by atoms with Crippen LogP contribution in [0.1, 0.15) is 17.7 Å². The maximum absolute atomic E-state index is 11.8. The molecule has 1 unspecified atom stereocenters. The van der Waals surface area contributed by atoms with Crippen molar-refractivity contribution in [2.45, 2.75) is 19.0 Å². The number of nitrogens with one attached hydrogen (secondary N) is 1. The number of rotatable bonds is 5. The van der Waals surface area contributed by atoms with E-state index in [1.165, 1.54) is 6.08 Å². The predicted octanol–water partition coefficient (Wildman–Crippen LogP) is 0.643. The second kappa shape index (κ2) is 6.96. The zero-order valence-corrected chi connectivity index (χ0v) is 13.8. The van der Waals surface area contributed by atoms with Crippen molar-refractivity contribution in [3.05, 3.63) is 53.9 Å². The molecule has 7 nitrogen and oxygen atoms in total. The molecule has 1 atom stereocenters. The summed E-state index contributed by atoms with van der Waals surface area (Å²) in [6, 6.07) is 9.57. The number of carbonyl (C=O) groups is 1. The number of sulfone groups is 1. The fourth-order valence-corrected chi connectivity index (χ4v) is 4.23. The highest BCUT2D eigenvalue weighted by Crippen LogP contribution is 2.11. The molecule has 3 rings (SSSR count). The molecular weight excluding hydrogens is 328 g/mol. The van der Waals surface area contributed by atoms with E-state index in [1.807, 2.05) is 30.3 Å². The normalized spacial score (nSPS) is 19.6. The van der Waals surface area contributed by atoms with Gasteiger partial charge in [-0.05, 0) is 18.1 Å². The topological polar surface area (TPSA) is 93.9 Å². The largest absolute Gasteiger partial charge is 0.349 e. The third-order valence-corrected chi connectivity index (χ3v) is 5.50. The zero-order valence-electron chi connectivity index (χ0n) is 13.0. The van der Waals surface area contributed by atoms with Gasteiger partial charge in [0.25, 0.3) is 0 Å². The molecule has 1 aliphatic heterocycles. The molecule has 1 saturated heterocycles. The van der Waals surface area contributed by atoms with Crippen molar-refractivity contribution >= 4 is 21.8 Å². The average molecular weight is 346 g/mol. The molecule has 24 heavy (non-hydrogen) atoms. The summed E-state index contributed by atoms with van der Waals surface area (Å²) in [5.74, 6) is -0.176. The lowest BCUT2D eigenvalue weighted by molar-refractivity contribution is -0.116. The molecule has 0 spiro atoms. The van der Waals surface area contributed by atoms with Crippen LogP contribution in [0.25, 0.3) is 6.08 Å². The summed E-state index contributed by atoms with van der Waals surface area (Å²) in [6.45, 7) is 0.605. The lowest BCUT2D eigenvalue weighted by Gasteiger charge is -2.07. The Morgan fingerprint density at radius 1 is 1.33 bits per heavy atom. The lowest BCUT2D eigenvalue weighted by atomic mass is 10.2. The molecular formula is C16H18N4O3S. The standard InChI is InChI=1S/C16H18N4O3S/c21-16(17-15-8-9-24(22,23)12-15)7-6-14-11-20(19-18-14)10-13-4-2-1-3-5-13/h1-7,11,15H,8-10,12H2,(H,17,21)/b7-6+. The van der Waals surface area contributed by atoms with E-state index in [9.17, 15) is 13.2 Å². The molecule has 0 aliphatic carbocycles. The first-order chi connectivity index (χ1) is 11.5. The van der Waals surface area contributed by atoms with Crippen LogP contribution in [0, 0.1) is 0 Å². The van der Waals surface area contributed by atoms with Gasteiger partial charge in [-0.3, -0.25) is 4.79 Å². The molecule has 1 aliphatic rings. The van der Waals surface area contributed by atoms with Crippen LogP contribution in [-0.2, 0) is 21.2 Å². The molecule has 8 heteroatoms. The highest BCUT2D eigenvalue weighted by atomic mass is 32.2. The Kier molecular flexibility index (Phi) is 4.75. The molecule has 1 aromatic carbocycles. The molecule has 0 saturated carbocycles. The quantitative estimate of drug-likeness (QED) is 0.802. The van der Waals surface area contributed by atoms with E-state index in [1.54, 1.807) is 17.0 Å². The van der Waals surface area contributed by atoms with E-state index in [-0.39, 0.29) is 23.5 Å². The molecule has 0 radical (unpaired) electrons. The van der Waals surface area contributed by atoms with Gasteiger partial charge in [-0.25, -0.2) is 13.1 Å². The fourth-order valence-electron chi connectivity index (χ4n) is 2.56. The van der Waals surface area contributed by atoms with E-state index in [0.717, 1.165) is 5.56 Å². The van der Waals surface area contributed by atoms with E-state index in [0.29, 0.717) is 18.7 Å². The maximum atomic E-state index is 11.8. The van der Waals surface area contributed by atoms with Gasteiger partial charge in [-0.2, -0.15) is 0 Å².